The smallest absolute Gasteiger partial charge is 0.338 e. The highest BCUT2D eigenvalue weighted by atomic mass is 16.5. The van der Waals surface area contributed by atoms with E-state index in [0.29, 0.717) is 23.4 Å². The van der Waals surface area contributed by atoms with Crippen LogP contribution in [0.3, 0.4) is 0 Å². The summed E-state index contributed by atoms with van der Waals surface area (Å²) in [4.78, 5) is 29.2. The van der Waals surface area contributed by atoms with Crippen molar-refractivity contribution in [1.29, 1.82) is 0 Å². The van der Waals surface area contributed by atoms with Crippen LogP contribution < -0.4 is 4.90 Å². The number of anilines is 1. The Hall–Kier alpha value is -3.31. The highest BCUT2D eigenvalue weighted by molar-refractivity contribution is 5.93. The number of carbonyl (C=O) groups excluding carboxylic acids is 2. The first-order valence-corrected chi connectivity index (χ1v) is 8.81. The summed E-state index contributed by atoms with van der Waals surface area (Å²) in [5.41, 5.74) is 10.2. The highest BCUT2D eigenvalue weighted by Crippen LogP contribution is 2.32. The molecule has 0 radical (unpaired) electrons. The van der Waals surface area contributed by atoms with Gasteiger partial charge in [-0.2, -0.15) is 0 Å². The fourth-order valence-corrected chi connectivity index (χ4v) is 3.46. The molecule has 0 aliphatic heterocycles. The number of esters is 1. The van der Waals surface area contributed by atoms with Gasteiger partial charge in [-0.05, 0) is 49.1 Å². The number of nitrogens with zero attached hydrogens (tertiary/aromatic N) is 4. The van der Waals surface area contributed by atoms with Crippen molar-refractivity contribution in [1.82, 2.24) is 0 Å². The summed E-state index contributed by atoms with van der Waals surface area (Å²) in [7, 11) is 0. The van der Waals surface area contributed by atoms with Gasteiger partial charge >= 0.3 is 5.97 Å². The monoisotopic (exact) mass is 364 g/mol. The van der Waals surface area contributed by atoms with Gasteiger partial charge in [0, 0.05) is 23.2 Å². The van der Waals surface area contributed by atoms with Gasteiger partial charge in [-0.15, -0.1) is 0 Å². The van der Waals surface area contributed by atoms with Crippen LogP contribution >= 0.6 is 0 Å². The molecule has 0 bridgehead atoms. The Balaban J connectivity index is 1.80. The molecule has 1 amide bonds. The van der Waals surface area contributed by atoms with E-state index >= 15 is 0 Å². The average Bonchev–Trinajstić information content (AvgIpc) is 3.11. The molecule has 0 saturated heterocycles. The summed E-state index contributed by atoms with van der Waals surface area (Å²) >= 11 is 0. The number of rotatable bonds is 5. The Morgan fingerprint density at radius 3 is 2.44 bits per heavy atom. The van der Waals surface area contributed by atoms with Gasteiger partial charge in [0.2, 0.25) is 5.91 Å². The second-order valence-corrected chi connectivity index (χ2v) is 6.40. The quantitative estimate of drug-likeness (QED) is 0.331. The number of azide groups is 1. The van der Waals surface area contributed by atoms with Crippen LogP contribution in [0.25, 0.3) is 10.4 Å². The fraction of sp³-hybridized carbons (Fsp3) is 0.300. The molecule has 0 spiro atoms. The third-order valence-electron chi connectivity index (χ3n) is 4.64. The van der Waals surface area contributed by atoms with E-state index in [0.717, 1.165) is 12.8 Å². The molecule has 7 nitrogen and oxygen atoms in total. The molecule has 1 aliphatic carbocycles. The first-order chi connectivity index (χ1) is 13.1. The maximum absolute atomic E-state index is 12.4. The maximum atomic E-state index is 12.4. The van der Waals surface area contributed by atoms with Crippen LogP contribution in [0.2, 0.25) is 0 Å². The van der Waals surface area contributed by atoms with E-state index in [1.807, 2.05) is 6.07 Å². The third-order valence-corrected chi connectivity index (χ3v) is 4.64. The first-order valence-electron chi connectivity index (χ1n) is 8.81. The predicted octanol–water partition coefficient (Wildman–Crippen LogP) is 4.76. The summed E-state index contributed by atoms with van der Waals surface area (Å²) < 4.78 is 5.73. The fourth-order valence-electron chi connectivity index (χ4n) is 3.46. The van der Waals surface area contributed by atoms with E-state index in [9.17, 15) is 9.59 Å². The van der Waals surface area contributed by atoms with E-state index in [1.165, 1.54) is 6.92 Å². The van der Waals surface area contributed by atoms with E-state index in [4.69, 9.17) is 10.3 Å². The van der Waals surface area contributed by atoms with Crippen molar-refractivity contribution in [3.63, 3.8) is 0 Å². The number of benzene rings is 2. The maximum Gasteiger partial charge on any atom is 0.338 e. The van der Waals surface area contributed by atoms with Crippen LogP contribution in [-0.2, 0) is 9.53 Å². The Labute approximate surface area is 157 Å². The van der Waals surface area contributed by atoms with Crippen molar-refractivity contribution < 1.29 is 14.3 Å². The molecular formula is C20H20N4O3. The molecule has 2 aromatic carbocycles. The van der Waals surface area contributed by atoms with Crippen LogP contribution in [0.1, 0.15) is 36.5 Å². The molecule has 1 saturated carbocycles. The Morgan fingerprint density at radius 1 is 1.11 bits per heavy atom. The summed E-state index contributed by atoms with van der Waals surface area (Å²) in [5.74, 6) is -0.506. The molecule has 27 heavy (non-hydrogen) atoms. The zero-order chi connectivity index (χ0) is 19.2. The van der Waals surface area contributed by atoms with Crippen molar-refractivity contribution in [3.05, 3.63) is 70.6 Å². The topological polar surface area (TPSA) is 95.4 Å². The second kappa shape index (κ2) is 8.38. The van der Waals surface area contributed by atoms with Crippen LogP contribution in [0.4, 0.5) is 11.4 Å². The minimum atomic E-state index is -0.380. The molecule has 0 aromatic heterocycles. The van der Waals surface area contributed by atoms with Gasteiger partial charge in [-0.3, -0.25) is 4.79 Å². The molecule has 7 heteroatoms. The van der Waals surface area contributed by atoms with Crippen LogP contribution in [0, 0.1) is 0 Å². The summed E-state index contributed by atoms with van der Waals surface area (Å²) in [6.07, 6.45) is 1.98. The van der Waals surface area contributed by atoms with Gasteiger partial charge in [0.25, 0.3) is 0 Å². The van der Waals surface area contributed by atoms with Gasteiger partial charge in [0.1, 0.15) is 6.10 Å². The van der Waals surface area contributed by atoms with Crippen molar-refractivity contribution in [3.8, 4) is 0 Å². The number of hydrogen-bond acceptors (Lipinski definition) is 4. The third kappa shape index (κ3) is 4.27. The molecule has 1 fully saturated rings. The Morgan fingerprint density at radius 2 is 1.81 bits per heavy atom. The molecule has 0 N–H and O–H groups in total. The SMILES string of the molecule is CC(=O)N(c1ccc(N=[N+]=[N-])cc1)C1CCCC1OC(=O)c1ccccc1. The number of hydrogen-bond donors (Lipinski definition) is 0. The van der Waals surface area contributed by atoms with Gasteiger partial charge < -0.3 is 9.64 Å². The van der Waals surface area contributed by atoms with Crippen molar-refractivity contribution in [2.75, 3.05) is 4.90 Å². The molecule has 2 unspecified atom stereocenters. The van der Waals surface area contributed by atoms with E-state index < -0.39 is 0 Å². The number of ether oxygens (including phenoxy) is 1. The molecule has 1 aliphatic rings. The number of carbonyl (C=O) groups is 2. The van der Waals surface area contributed by atoms with Crippen molar-refractivity contribution >= 4 is 23.3 Å². The molecule has 0 heterocycles. The Bertz CT molecular complexity index is 861. The van der Waals surface area contributed by atoms with Crippen LogP contribution in [0.5, 0.6) is 0 Å². The van der Waals surface area contributed by atoms with E-state index in [1.54, 1.807) is 53.4 Å². The number of amides is 1. The lowest BCUT2D eigenvalue weighted by Gasteiger charge is -2.32. The lowest BCUT2D eigenvalue weighted by atomic mass is 10.1. The Kier molecular flexibility index (Phi) is 5.74. The van der Waals surface area contributed by atoms with Gasteiger partial charge in [-0.1, -0.05) is 35.4 Å². The summed E-state index contributed by atoms with van der Waals surface area (Å²) in [6.45, 7) is 1.50. The minimum Gasteiger partial charge on any atom is -0.457 e. The lowest BCUT2D eigenvalue weighted by Crippen LogP contribution is -2.45. The van der Waals surface area contributed by atoms with Gasteiger partial charge in [0.15, 0.2) is 0 Å². The molecule has 3 rings (SSSR count). The lowest BCUT2D eigenvalue weighted by molar-refractivity contribution is -0.117. The van der Waals surface area contributed by atoms with Gasteiger partial charge in [-0.25, -0.2) is 4.79 Å². The molecule has 2 atom stereocenters. The van der Waals surface area contributed by atoms with E-state index in [-0.39, 0.29) is 24.0 Å². The second-order valence-electron chi connectivity index (χ2n) is 6.40. The van der Waals surface area contributed by atoms with Crippen molar-refractivity contribution in [2.24, 2.45) is 5.11 Å². The zero-order valence-corrected chi connectivity index (χ0v) is 15.0. The first kappa shape index (κ1) is 18.5. The standard InChI is InChI=1S/C20H20N4O3/c1-14(25)24(17-12-10-16(11-13-17)22-23-21)18-8-5-9-19(18)27-20(26)15-6-3-2-4-7-15/h2-4,6-7,10-13,18-19H,5,8-9H2,1H3. The molecule has 2 aromatic rings. The predicted molar refractivity (Wildman–Crippen MR) is 102 cm³/mol. The normalized spacial score (nSPS) is 18.4. The highest BCUT2D eigenvalue weighted by Gasteiger charge is 2.37. The summed E-state index contributed by atoms with van der Waals surface area (Å²) in [5, 5.41) is 3.55. The largest absolute Gasteiger partial charge is 0.457 e. The van der Waals surface area contributed by atoms with Crippen LogP contribution in [0.15, 0.2) is 59.7 Å². The average molecular weight is 364 g/mol. The van der Waals surface area contributed by atoms with Crippen molar-refractivity contribution in [2.45, 2.75) is 38.3 Å². The van der Waals surface area contributed by atoms with E-state index in [2.05, 4.69) is 10.0 Å². The van der Waals surface area contributed by atoms with Gasteiger partial charge in [0.05, 0.1) is 11.6 Å². The molecular weight excluding hydrogens is 344 g/mol. The minimum absolute atomic E-state index is 0.126. The van der Waals surface area contributed by atoms with Crippen LogP contribution in [-0.4, -0.2) is 24.0 Å². The molecule has 138 valence electrons. The zero-order valence-electron chi connectivity index (χ0n) is 15.0. The summed E-state index contributed by atoms with van der Waals surface area (Å²) in [6, 6.07) is 15.4.